The molecule has 2 heterocycles. The van der Waals surface area contributed by atoms with E-state index in [4.69, 9.17) is 4.74 Å². The Morgan fingerprint density at radius 1 is 1.32 bits per heavy atom. The average molecular weight is 303 g/mol. The van der Waals surface area contributed by atoms with E-state index >= 15 is 0 Å². The monoisotopic (exact) mass is 303 g/mol. The second-order valence-electron chi connectivity index (χ2n) is 5.52. The van der Waals surface area contributed by atoms with Gasteiger partial charge in [0, 0.05) is 6.54 Å². The number of rotatable bonds is 2. The molecule has 0 bridgehead atoms. The molecule has 1 aromatic carbocycles. The molecule has 2 aliphatic rings. The number of carbonyl (C=O) groups excluding carboxylic acids is 3. The van der Waals surface area contributed by atoms with Gasteiger partial charge in [-0.15, -0.1) is 0 Å². The lowest BCUT2D eigenvalue weighted by atomic mass is 10.1. The van der Waals surface area contributed by atoms with Crippen LogP contribution in [0.4, 0.5) is 4.79 Å². The second kappa shape index (κ2) is 5.67. The summed E-state index contributed by atoms with van der Waals surface area (Å²) in [5.41, 5.74) is 0. The molecule has 0 unspecified atom stereocenters. The van der Waals surface area contributed by atoms with Gasteiger partial charge in [-0.05, 0) is 25.5 Å². The predicted octanol–water partition coefficient (Wildman–Crippen LogP) is 0.263. The molecule has 3 amide bonds. The number of nitrogens with zero attached hydrogens (tertiary/aromatic N) is 1. The molecule has 2 N–H and O–H groups in total. The summed E-state index contributed by atoms with van der Waals surface area (Å²) in [5, 5.41) is 5.34. The molecule has 0 aromatic heterocycles. The van der Waals surface area contributed by atoms with Crippen LogP contribution in [0, 0.1) is 0 Å². The van der Waals surface area contributed by atoms with Crippen molar-refractivity contribution in [1.82, 2.24) is 15.5 Å². The van der Waals surface area contributed by atoms with E-state index in [-0.39, 0.29) is 17.9 Å². The zero-order chi connectivity index (χ0) is 15.7. The minimum absolute atomic E-state index is 0.120. The Bertz CT molecular complexity index is 604. The lowest BCUT2D eigenvalue weighted by molar-refractivity contribution is -0.146. The van der Waals surface area contributed by atoms with Gasteiger partial charge in [0.05, 0.1) is 6.04 Å². The molecule has 7 heteroatoms. The molecule has 3 rings (SSSR count). The minimum Gasteiger partial charge on any atom is -0.410 e. The lowest BCUT2D eigenvalue weighted by Gasteiger charge is -2.32. The van der Waals surface area contributed by atoms with E-state index < -0.39 is 18.2 Å². The number of para-hydroxylation sites is 1. The third kappa shape index (κ3) is 2.74. The largest absolute Gasteiger partial charge is 0.412 e. The van der Waals surface area contributed by atoms with Crippen molar-refractivity contribution in [2.75, 3.05) is 6.54 Å². The van der Waals surface area contributed by atoms with Crippen LogP contribution in [0.15, 0.2) is 30.3 Å². The Morgan fingerprint density at radius 2 is 2.05 bits per heavy atom. The number of fused-ring (bicyclic) bond motifs is 1. The number of hydrogen-bond acceptors (Lipinski definition) is 4. The van der Waals surface area contributed by atoms with Gasteiger partial charge in [0.25, 0.3) is 0 Å². The summed E-state index contributed by atoms with van der Waals surface area (Å²) < 4.78 is 5.15. The first-order chi connectivity index (χ1) is 10.5. The molecule has 0 aliphatic carbocycles. The molecule has 1 aromatic rings. The fraction of sp³-hybridized carbons (Fsp3) is 0.400. The lowest BCUT2D eigenvalue weighted by Crippen LogP contribution is -2.60. The molecule has 2 saturated heterocycles. The van der Waals surface area contributed by atoms with E-state index in [0.717, 1.165) is 0 Å². The van der Waals surface area contributed by atoms with Crippen LogP contribution in [0.2, 0.25) is 0 Å². The van der Waals surface area contributed by atoms with Gasteiger partial charge < -0.3 is 20.3 Å². The molecule has 3 atom stereocenters. The van der Waals surface area contributed by atoms with Gasteiger partial charge in [-0.2, -0.15) is 0 Å². The molecular weight excluding hydrogens is 286 g/mol. The number of carbonyl (C=O) groups is 3. The Morgan fingerprint density at radius 3 is 2.77 bits per heavy atom. The fourth-order valence-electron chi connectivity index (χ4n) is 2.84. The molecule has 0 radical (unpaired) electrons. The maximum atomic E-state index is 12.0. The maximum absolute atomic E-state index is 12.0. The van der Waals surface area contributed by atoms with Gasteiger partial charge in [-0.3, -0.25) is 9.59 Å². The first kappa shape index (κ1) is 14.4. The summed E-state index contributed by atoms with van der Waals surface area (Å²) in [6, 6.07) is 7.40. The van der Waals surface area contributed by atoms with Gasteiger partial charge >= 0.3 is 6.09 Å². The van der Waals surface area contributed by atoms with Crippen molar-refractivity contribution >= 4 is 17.9 Å². The number of benzene rings is 1. The van der Waals surface area contributed by atoms with Crippen molar-refractivity contribution in [1.29, 1.82) is 0 Å². The molecule has 7 nitrogen and oxygen atoms in total. The van der Waals surface area contributed by atoms with Crippen LogP contribution in [0.1, 0.15) is 13.3 Å². The summed E-state index contributed by atoms with van der Waals surface area (Å²) in [5.74, 6) is 0.149. The zero-order valence-electron chi connectivity index (χ0n) is 12.1. The van der Waals surface area contributed by atoms with Crippen molar-refractivity contribution < 1.29 is 19.1 Å². The number of amides is 3. The van der Waals surface area contributed by atoms with Gasteiger partial charge in [-0.25, -0.2) is 4.79 Å². The standard InChI is InChI=1S/C15H17N3O4/c1-9-14(20)18-8-10(7-12(18)13(19)16-9)17-15(21)22-11-5-3-2-4-6-11/h2-6,9-10,12H,7-8H2,1H3,(H,16,19)(H,17,21)/t9-,10-,12-/m0/s1. The number of ether oxygens (including phenoxy) is 1. The number of piperazine rings is 1. The second-order valence-corrected chi connectivity index (χ2v) is 5.52. The molecule has 116 valence electrons. The smallest absolute Gasteiger partial charge is 0.410 e. The third-order valence-electron chi connectivity index (χ3n) is 3.89. The van der Waals surface area contributed by atoms with Crippen molar-refractivity contribution in [2.24, 2.45) is 0 Å². The van der Waals surface area contributed by atoms with Gasteiger partial charge in [-0.1, -0.05) is 18.2 Å². The Kier molecular flexibility index (Phi) is 3.70. The quantitative estimate of drug-likeness (QED) is 0.820. The van der Waals surface area contributed by atoms with E-state index in [9.17, 15) is 14.4 Å². The molecule has 0 spiro atoms. The van der Waals surface area contributed by atoms with Crippen LogP contribution >= 0.6 is 0 Å². The summed E-state index contributed by atoms with van der Waals surface area (Å²) in [4.78, 5) is 37.3. The highest BCUT2D eigenvalue weighted by molar-refractivity contribution is 5.97. The van der Waals surface area contributed by atoms with Crippen molar-refractivity contribution in [3.05, 3.63) is 30.3 Å². The minimum atomic E-state index is -0.586. The maximum Gasteiger partial charge on any atom is 0.412 e. The first-order valence-electron chi connectivity index (χ1n) is 7.19. The van der Waals surface area contributed by atoms with Crippen LogP contribution in [0.25, 0.3) is 0 Å². The highest BCUT2D eigenvalue weighted by atomic mass is 16.6. The zero-order valence-corrected chi connectivity index (χ0v) is 12.1. The highest BCUT2D eigenvalue weighted by Crippen LogP contribution is 2.22. The van der Waals surface area contributed by atoms with Crippen LogP contribution < -0.4 is 15.4 Å². The number of hydrogen-bond donors (Lipinski definition) is 2. The molecule has 0 saturated carbocycles. The summed E-state index contributed by atoms with van der Waals surface area (Å²) in [6.07, 6.45) is -0.189. The Labute approximate surface area is 127 Å². The summed E-state index contributed by atoms with van der Waals surface area (Å²) in [7, 11) is 0. The summed E-state index contributed by atoms with van der Waals surface area (Å²) >= 11 is 0. The predicted molar refractivity (Wildman–Crippen MR) is 77.1 cm³/mol. The molecular formula is C15H17N3O4. The Hall–Kier alpha value is -2.57. The van der Waals surface area contributed by atoms with E-state index in [1.807, 2.05) is 6.07 Å². The van der Waals surface area contributed by atoms with Crippen molar-refractivity contribution in [3.63, 3.8) is 0 Å². The molecule has 22 heavy (non-hydrogen) atoms. The third-order valence-corrected chi connectivity index (χ3v) is 3.89. The average Bonchev–Trinajstić information content (AvgIpc) is 2.90. The van der Waals surface area contributed by atoms with Crippen LogP contribution in [0.3, 0.4) is 0 Å². The van der Waals surface area contributed by atoms with E-state index in [1.165, 1.54) is 4.90 Å². The SMILES string of the molecule is C[C@@H]1NC(=O)[C@@H]2C[C@H](NC(=O)Oc3ccccc3)CN2C1=O. The van der Waals surface area contributed by atoms with Crippen LogP contribution in [-0.4, -0.2) is 47.5 Å². The fourth-order valence-corrected chi connectivity index (χ4v) is 2.84. The van der Waals surface area contributed by atoms with Crippen LogP contribution in [-0.2, 0) is 9.59 Å². The van der Waals surface area contributed by atoms with E-state index in [2.05, 4.69) is 10.6 Å². The van der Waals surface area contributed by atoms with E-state index in [0.29, 0.717) is 18.7 Å². The normalized spacial score (nSPS) is 27.1. The number of nitrogens with one attached hydrogen (secondary N) is 2. The van der Waals surface area contributed by atoms with Gasteiger partial charge in [0.2, 0.25) is 11.8 Å². The Balaban J connectivity index is 1.60. The topological polar surface area (TPSA) is 87.7 Å². The van der Waals surface area contributed by atoms with Crippen molar-refractivity contribution in [2.45, 2.75) is 31.5 Å². The highest BCUT2D eigenvalue weighted by Gasteiger charge is 2.45. The molecule has 2 fully saturated rings. The van der Waals surface area contributed by atoms with Crippen molar-refractivity contribution in [3.8, 4) is 5.75 Å². The van der Waals surface area contributed by atoms with Gasteiger partial charge in [0.15, 0.2) is 0 Å². The molecule has 2 aliphatic heterocycles. The first-order valence-corrected chi connectivity index (χ1v) is 7.19. The van der Waals surface area contributed by atoms with E-state index in [1.54, 1.807) is 31.2 Å². The summed E-state index contributed by atoms with van der Waals surface area (Å²) in [6.45, 7) is 1.98. The van der Waals surface area contributed by atoms with Gasteiger partial charge in [0.1, 0.15) is 17.8 Å². The van der Waals surface area contributed by atoms with Crippen LogP contribution in [0.5, 0.6) is 5.75 Å².